The molecule has 0 atom stereocenters. The maximum absolute atomic E-state index is 5.32. The van der Waals surface area contributed by atoms with Gasteiger partial charge in [-0.15, -0.1) is 0 Å². The summed E-state index contributed by atoms with van der Waals surface area (Å²) in [6.45, 7) is 3.76. The van der Waals surface area contributed by atoms with Crippen molar-refractivity contribution in [3.63, 3.8) is 0 Å². The van der Waals surface area contributed by atoms with Crippen molar-refractivity contribution in [2.24, 2.45) is 5.73 Å². The maximum atomic E-state index is 5.32. The molecule has 0 aromatic carbocycles. The van der Waals surface area contributed by atoms with E-state index in [9.17, 15) is 0 Å². The molecule has 0 unspecified atom stereocenters. The van der Waals surface area contributed by atoms with Gasteiger partial charge in [0.1, 0.15) is 5.76 Å². The van der Waals surface area contributed by atoms with Crippen LogP contribution in [0.15, 0.2) is 4.42 Å². The van der Waals surface area contributed by atoms with Gasteiger partial charge in [-0.2, -0.15) is 0 Å². The van der Waals surface area contributed by atoms with Gasteiger partial charge < -0.3 is 10.2 Å². The summed E-state index contributed by atoms with van der Waals surface area (Å²) in [5.41, 5.74) is 6.21. The Bertz CT molecular complexity index is 260. The van der Waals surface area contributed by atoms with E-state index in [-0.39, 0.29) is 0 Å². The average molecular weight is 170 g/mol. The van der Waals surface area contributed by atoms with Crippen molar-refractivity contribution >= 4 is 17.2 Å². The molecule has 0 aliphatic carbocycles. The van der Waals surface area contributed by atoms with Crippen LogP contribution in [0.4, 0.5) is 0 Å². The number of hydrogen-bond acceptors (Lipinski definition) is 3. The van der Waals surface area contributed by atoms with Gasteiger partial charge in [0.15, 0.2) is 0 Å². The SMILES string of the molecule is Cc1nc(CC(N)=S)oc1C. The summed E-state index contributed by atoms with van der Waals surface area (Å²) in [4.78, 5) is 4.52. The highest BCUT2D eigenvalue weighted by Gasteiger charge is 2.05. The number of aryl methyl sites for hydroxylation is 2. The van der Waals surface area contributed by atoms with Crippen molar-refractivity contribution in [1.29, 1.82) is 0 Å². The molecule has 1 aromatic heterocycles. The van der Waals surface area contributed by atoms with Crippen molar-refractivity contribution in [2.45, 2.75) is 20.3 Å². The highest BCUT2D eigenvalue weighted by atomic mass is 32.1. The fourth-order valence-corrected chi connectivity index (χ4v) is 0.887. The van der Waals surface area contributed by atoms with Crippen LogP contribution in [0.25, 0.3) is 0 Å². The molecule has 2 N–H and O–H groups in total. The van der Waals surface area contributed by atoms with E-state index in [0.29, 0.717) is 17.3 Å². The maximum Gasteiger partial charge on any atom is 0.201 e. The van der Waals surface area contributed by atoms with Crippen molar-refractivity contribution in [3.8, 4) is 0 Å². The molecule has 0 bridgehead atoms. The van der Waals surface area contributed by atoms with E-state index in [1.807, 2.05) is 13.8 Å². The van der Waals surface area contributed by atoms with E-state index in [4.69, 9.17) is 22.4 Å². The van der Waals surface area contributed by atoms with Gasteiger partial charge in [0, 0.05) is 0 Å². The molecule has 0 aliphatic heterocycles. The Morgan fingerprint density at radius 2 is 2.27 bits per heavy atom. The molecule has 1 rings (SSSR count). The molecule has 0 spiro atoms. The Morgan fingerprint density at radius 1 is 1.64 bits per heavy atom. The number of nitrogens with two attached hydrogens (primary N) is 1. The molecule has 0 aliphatic rings. The largest absolute Gasteiger partial charge is 0.445 e. The van der Waals surface area contributed by atoms with Crippen LogP contribution in [-0.2, 0) is 6.42 Å². The first-order valence-electron chi connectivity index (χ1n) is 3.31. The van der Waals surface area contributed by atoms with Crippen LogP contribution in [0.2, 0.25) is 0 Å². The zero-order chi connectivity index (χ0) is 8.43. The van der Waals surface area contributed by atoms with Crippen molar-refractivity contribution < 1.29 is 4.42 Å². The third kappa shape index (κ3) is 2.01. The Hall–Kier alpha value is -0.900. The van der Waals surface area contributed by atoms with E-state index >= 15 is 0 Å². The first-order chi connectivity index (χ1) is 5.09. The van der Waals surface area contributed by atoms with E-state index in [0.717, 1.165) is 11.5 Å². The predicted molar refractivity (Wildman–Crippen MR) is 46.5 cm³/mol. The van der Waals surface area contributed by atoms with Gasteiger partial charge in [-0.3, -0.25) is 0 Å². The smallest absolute Gasteiger partial charge is 0.201 e. The van der Waals surface area contributed by atoms with Gasteiger partial charge in [0.2, 0.25) is 5.89 Å². The summed E-state index contributed by atoms with van der Waals surface area (Å²) in [5, 5.41) is 0. The van der Waals surface area contributed by atoms with Gasteiger partial charge >= 0.3 is 0 Å². The van der Waals surface area contributed by atoms with Crippen LogP contribution in [0.1, 0.15) is 17.3 Å². The molecule has 0 amide bonds. The van der Waals surface area contributed by atoms with Gasteiger partial charge in [0.25, 0.3) is 0 Å². The summed E-state index contributed by atoms with van der Waals surface area (Å²) < 4.78 is 5.25. The second kappa shape index (κ2) is 3.00. The van der Waals surface area contributed by atoms with E-state index < -0.39 is 0 Å². The number of hydrogen-bond donors (Lipinski definition) is 1. The minimum Gasteiger partial charge on any atom is -0.445 e. The number of oxazole rings is 1. The third-order valence-electron chi connectivity index (χ3n) is 1.40. The highest BCUT2D eigenvalue weighted by molar-refractivity contribution is 7.80. The minimum absolute atomic E-state index is 0.409. The second-order valence-electron chi connectivity index (χ2n) is 2.39. The zero-order valence-electron chi connectivity index (χ0n) is 6.55. The summed E-state index contributed by atoms with van der Waals surface area (Å²) in [6, 6.07) is 0. The van der Waals surface area contributed by atoms with Crippen molar-refractivity contribution in [3.05, 3.63) is 17.3 Å². The van der Waals surface area contributed by atoms with Gasteiger partial charge in [0.05, 0.1) is 17.1 Å². The quantitative estimate of drug-likeness (QED) is 0.676. The fourth-order valence-electron chi connectivity index (χ4n) is 0.764. The van der Waals surface area contributed by atoms with Crippen LogP contribution in [0.3, 0.4) is 0 Å². The number of aromatic nitrogens is 1. The summed E-state index contributed by atoms with van der Waals surface area (Å²) in [7, 11) is 0. The van der Waals surface area contributed by atoms with Crippen LogP contribution >= 0.6 is 12.2 Å². The van der Waals surface area contributed by atoms with Crippen LogP contribution in [0.5, 0.6) is 0 Å². The standard InChI is InChI=1S/C7H10N2OS/c1-4-5(2)10-7(9-4)3-6(8)11/h3H2,1-2H3,(H2,8,11). The molecule has 1 aromatic rings. The number of rotatable bonds is 2. The van der Waals surface area contributed by atoms with Gasteiger partial charge in [-0.05, 0) is 13.8 Å². The molecule has 60 valence electrons. The Balaban J connectivity index is 2.81. The molecular weight excluding hydrogens is 160 g/mol. The van der Waals surface area contributed by atoms with Crippen molar-refractivity contribution in [2.75, 3.05) is 0 Å². The number of nitrogens with zero attached hydrogens (tertiary/aromatic N) is 1. The van der Waals surface area contributed by atoms with Crippen LogP contribution in [0, 0.1) is 13.8 Å². The predicted octanol–water partition coefficient (Wildman–Crippen LogP) is 1.12. The Morgan fingerprint density at radius 3 is 2.64 bits per heavy atom. The van der Waals surface area contributed by atoms with Crippen LogP contribution < -0.4 is 5.73 Å². The lowest BCUT2D eigenvalue weighted by molar-refractivity contribution is 0.486. The zero-order valence-corrected chi connectivity index (χ0v) is 7.36. The number of thiocarbonyl (C=S) groups is 1. The summed E-state index contributed by atoms with van der Waals surface area (Å²) >= 11 is 4.71. The van der Waals surface area contributed by atoms with Crippen molar-refractivity contribution in [1.82, 2.24) is 4.98 Å². The molecule has 1 heterocycles. The average Bonchev–Trinajstić information content (AvgIpc) is 2.10. The molecule has 11 heavy (non-hydrogen) atoms. The molecule has 0 saturated heterocycles. The summed E-state index contributed by atoms with van der Waals surface area (Å²) in [5.74, 6) is 1.43. The third-order valence-corrected chi connectivity index (χ3v) is 1.54. The van der Waals surface area contributed by atoms with Crippen LogP contribution in [-0.4, -0.2) is 9.97 Å². The highest BCUT2D eigenvalue weighted by Crippen LogP contribution is 2.08. The second-order valence-corrected chi connectivity index (χ2v) is 2.92. The van der Waals surface area contributed by atoms with Gasteiger partial charge in [-0.25, -0.2) is 4.98 Å². The molecule has 0 fully saturated rings. The topological polar surface area (TPSA) is 52.0 Å². The molecule has 0 radical (unpaired) electrons. The molecule has 4 heteroatoms. The molecular formula is C7H10N2OS. The summed E-state index contributed by atoms with van der Waals surface area (Å²) in [6.07, 6.45) is 0.448. The van der Waals surface area contributed by atoms with E-state index in [2.05, 4.69) is 4.98 Å². The minimum atomic E-state index is 0.409. The lowest BCUT2D eigenvalue weighted by Crippen LogP contribution is -2.11. The van der Waals surface area contributed by atoms with E-state index in [1.165, 1.54) is 0 Å². The van der Waals surface area contributed by atoms with Gasteiger partial charge in [-0.1, -0.05) is 12.2 Å². The Kier molecular flexibility index (Phi) is 2.24. The molecule has 3 nitrogen and oxygen atoms in total. The lowest BCUT2D eigenvalue weighted by Gasteiger charge is -1.89. The fraction of sp³-hybridized carbons (Fsp3) is 0.429. The molecule has 0 saturated carbocycles. The Labute approximate surface area is 70.6 Å². The monoisotopic (exact) mass is 170 g/mol. The lowest BCUT2D eigenvalue weighted by atomic mass is 10.4. The van der Waals surface area contributed by atoms with E-state index in [1.54, 1.807) is 0 Å². The first kappa shape index (κ1) is 8.20. The first-order valence-corrected chi connectivity index (χ1v) is 3.71. The normalized spacial score (nSPS) is 10.0.